The monoisotopic (exact) mass is 510 g/mol. The first-order chi connectivity index (χ1) is 16.0. The Bertz CT molecular complexity index is 1410. The Labute approximate surface area is 197 Å². The largest absolute Gasteiger partial charge is 0.496 e. The van der Waals surface area contributed by atoms with Crippen molar-refractivity contribution in [1.29, 1.82) is 0 Å². The van der Waals surface area contributed by atoms with Gasteiger partial charge in [-0.25, -0.2) is 4.79 Å². The van der Waals surface area contributed by atoms with Gasteiger partial charge in [0.15, 0.2) is 17.3 Å². The van der Waals surface area contributed by atoms with Crippen molar-refractivity contribution < 1.29 is 28.2 Å². The Balaban J connectivity index is 1.85. The number of ether oxygens (including phenoxy) is 4. The van der Waals surface area contributed by atoms with Gasteiger partial charge in [-0.1, -0.05) is 12.1 Å². The predicted octanol–water partition coefficient (Wildman–Crippen LogP) is 5.47. The van der Waals surface area contributed by atoms with Crippen LogP contribution in [-0.4, -0.2) is 27.3 Å². The topological polar surface area (TPSA) is 84.2 Å². The molecule has 0 aliphatic carbocycles. The van der Waals surface area contributed by atoms with E-state index in [1.165, 1.54) is 26.4 Å². The van der Waals surface area contributed by atoms with Crippen molar-refractivity contribution in [2.75, 3.05) is 21.3 Å². The van der Waals surface area contributed by atoms with Gasteiger partial charge >= 0.3 is 5.97 Å². The molecule has 0 amide bonds. The molecule has 0 aliphatic heterocycles. The number of methoxy groups -OCH3 is 3. The summed E-state index contributed by atoms with van der Waals surface area (Å²) in [6.45, 7) is 0. The third-order valence-corrected chi connectivity index (χ3v) is 5.60. The van der Waals surface area contributed by atoms with Gasteiger partial charge in [0.1, 0.15) is 11.3 Å². The molecule has 8 heteroatoms. The van der Waals surface area contributed by atoms with E-state index in [1.807, 2.05) is 0 Å². The van der Waals surface area contributed by atoms with Gasteiger partial charge in [0.25, 0.3) is 0 Å². The highest BCUT2D eigenvalue weighted by Crippen LogP contribution is 2.36. The van der Waals surface area contributed by atoms with Crippen LogP contribution < -0.4 is 24.4 Å². The molecule has 0 atom stereocenters. The number of carbonyl (C=O) groups is 1. The summed E-state index contributed by atoms with van der Waals surface area (Å²) in [7, 11) is 4.51. The zero-order chi connectivity index (χ0) is 23.5. The number of hydrogen-bond donors (Lipinski definition) is 0. The minimum absolute atomic E-state index is 0.121. The van der Waals surface area contributed by atoms with Crippen LogP contribution >= 0.6 is 15.9 Å². The molecule has 33 heavy (non-hydrogen) atoms. The van der Waals surface area contributed by atoms with Crippen LogP contribution in [0, 0.1) is 0 Å². The van der Waals surface area contributed by atoms with E-state index in [9.17, 15) is 9.59 Å². The number of para-hydroxylation sites is 1. The van der Waals surface area contributed by atoms with E-state index in [1.54, 1.807) is 55.6 Å². The van der Waals surface area contributed by atoms with Gasteiger partial charge in [-0.2, -0.15) is 0 Å². The second-order valence-corrected chi connectivity index (χ2v) is 7.75. The van der Waals surface area contributed by atoms with Crippen LogP contribution in [0.5, 0.6) is 23.0 Å². The first-order valence-electron chi connectivity index (χ1n) is 9.80. The van der Waals surface area contributed by atoms with Crippen molar-refractivity contribution in [3.63, 3.8) is 0 Å². The summed E-state index contributed by atoms with van der Waals surface area (Å²) in [5, 5.41) is 0.295. The van der Waals surface area contributed by atoms with E-state index < -0.39 is 11.4 Å². The summed E-state index contributed by atoms with van der Waals surface area (Å²) < 4.78 is 28.0. The van der Waals surface area contributed by atoms with Gasteiger partial charge in [-0.15, -0.1) is 0 Å². The van der Waals surface area contributed by atoms with Gasteiger partial charge in [-0.05, 0) is 64.5 Å². The van der Waals surface area contributed by atoms with Crippen LogP contribution in [0.1, 0.15) is 10.4 Å². The van der Waals surface area contributed by atoms with Crippen LogP contribution in [0.15, 0.2) is 74.3 Å². The highest BCUT2D eigenvalue weighted by atomic mass is 79.9. The van der Waals surface area contributed by atoms with E-state index in [2.05, 4.69) is 15.9 Å². The van der Waals surface area contributed by atoms with Crippen molar-refractivity contribution in [2.45, 2.75) is 0 Å². The molecule has 0 aliphatic rings. The van der Waals surface area contributed by atoms with Crippen molar-refractivity contribution in [2.24, 2.45) is 0 Å². The molecule has 3 aromatic carbocycles. The third kappa shape index (κ3) is 4.29. The van der Waals surface area contributed by atoms with Gasteiger partial charge in [0, 0.05) is 5.56 Å². The minimum Gasteiger partial charge on any atom is -0.496 e. The van der Waals surface area contributed by atoms with Crippen molar-refractivity contribution in [3.05, 3.63) is 80.9 Å². The van der Waals surface area contributed by atoms with Gasteiger partial charge in [0.2, 0.25) is 11.2 Å². The highest BCUT2D eigenvalue weighted by molar-refractivity contribution is 9.10. The van der Waals surface area contributed by atoms with E-state index >= 15 is 0 Å². The fourth-order valence-corrected chi connectivity index (χ4v) is 3.87. The molecule has 7 nitrogen and oxygen atoms in total. The summed E-state index contributed by atoms with van der Waals surface area (Å²) in [4.78, 5) is 26.3. The quantitative estimate of drug-likeness (QED) is 0.318. The Morgan fingerprint density at radius 2 is 1.55 bits per heavy atom. The fraction of sp³-hybridized carbons (Fsp3) is 0.120. The van der Waals surface area contributed by atoms with E-state index in [0.717, 1.165) is 0 Å². The predicted molar refractivity (Wildman–Crippen MR) is 127 cm³/mol. The zero-order valence-electron chi connectivity index (χ0n) is 18.0. The normalized spacial score (nSPS) is 10.7. The van der Waals surface area contributed by atoms with Crippen LogP contribution in [0.3, 0.4) is 0 Å². The van der Waals surface area contributed by atoms with Gasteiger partial charge in [0.05, 0.1) is 36.8 Å². The molecule has 4 aromatic rings. The van der Waals surface area contributed by atoms with Crippen molar-refractivity contribution in [1.82, 2.24) is 0 Å². The van der Waals surface area contributed by atoms with Crippen LogP contribution in [0.4, 0.5) is 0 Å². The molecule has 0 fully saturated rings. The Morgan fingerprint density at radius 1 is 0.848 bits per heavy atom. The third-order valence-electron chi connectivity index (χ3n) is 4.98. The van der Waals surface area contributed by atoms with Crippen molar-refractivity contribution >= 4 is 32.9 Å². The second-order valence-electron chi connectivity index (χ2n) is 6.89. The lowest BCUT2D eigenvalue weighted by molar-refractivity contribution is 0.0731. The zero-order valence-corrected chi connectivity index (χ0v) is 19.6. The SMILES string of the molecule is COc1ccc(-c2oc3ccccc3c(=O)c2OC(=O)c2ccc(OC)c(OC)c2)cc1Br. The molecule has 168 valence electrons. The average Bonchev–Trinajstić information content (AvgIpc) is 2.85. The average molecular weight is 511 g/mol. The number of fused-ring (bicyclic) bond motifs is 1. The standard InChI is InChI=1S/C25H19BrO7/c1-29-19-10-8-14(12-17(19)26)23-24(22(27)16-6-4-5-7-18(16)32-23)33-25(28)15-9-11-20(30-2)21(13-15)31-3/h4-13H,1-3H3. The van der Waals surface area contributed by atoms with E-state index in [4.69, 9.17) is 23.4 Å². The number of esters is 1. The molecular formula is C25H19BrO7. The molecule has 1 aromatic heterocycles. The van der Waals surface area contributed by atoms with Gasteiger partial charge < -0.3 is 23.4 Å². The Kier molecular flexibility index (Phi) is 6.37. The maximum Gasteiger partial charge on any atom is 0.343 e. The summed E-state index contributed by atoms with van der Waals surface area (Å²) in [6.07, 6.45) is 0. The minimum atomic E-state index is -0.743. The molecule has 0 unspecified atom stereocenters. The fourth-order valence-electron chi connectivity index (χ4n) is 3.33. The molecule has 0 radical (unpaired) electrons. The molecule has 0 saturated heterocycles. The molecular weight excluding hydrogens is 492 g/mol. The number of halogens is 1. The smallest absolute Gasteiger partial charge is 0.343 e. The maximum atomic E-state index is 13.3. The molecule has 0 bridgehead atoms. The number of hydrogen-bond acceptors (Lipinski definition) is 7. The summed E-state index contributed by atoms with van der Waals surface area (Å²) >= 11 is 3.44. The number of carbonyl (C=O) groups excluding carboxylic acids is 1. The summed E-state index contributed by atoms with van der Waals surface area (Å²) in [5.41, 5.74) is 0.616. The molecule has 0 spiro atoms. The molecule has 1 heterocycles. The number of benzene rings is 3. The molecule has 0 saturated carbocycles. The lowest BCUT2D eigenvalue weighted by atomic mass is 10.1. The first-order valence-corrected chi connectivity index (χ1v) is 10.6. The Morgan fingerprint density at radius 3 is 2.24 bits per heavy atom. The van der Waals surface area contributed by atoms with Crippen LogP contribution in [0.2, 0.25) is 0 Å². The summed E-state index contributed by atoms with van der Waals surface area (Å²) in [6, 6.07) is 16.5. The van der Waals surface area contributed by atoms with Crippen molar-refractivity contribution in [3.8, 4) is 34.3 Å². The number of rotatable bonds is 6. The lowest BCUT2D eigenvalue weighted by Crippen LogP contribution is -2.16. The molecule has 4 rings (SSSR count). The molecule has 0 N–H and O–H groups in total. The van der Waals surface area contributed by atoms with Gasteiger partial charge in [-0.3, -0.25) is 4.79 Å². The van der Waals surface area contributed by atoms with Crippen LogP contribution in [0.25, 0.3) is 22.3 Å². The highest BCUT2D eigenvalue weighted by Gasteiger charge is 2.22. The van der Waals surface area contributed by atoms with E-state index in [0.29, 0.717) is 38.3 Å². The first kappa shape index (κ1) is 22.4. The summed E-state index contributed by atoms with van der Waals surface area (Å²) in [5.74, 6) is 0.583. The second kappa shape index (κ2) is 9.38. The lowest BCUT2D eigenvalue weighted by Gasteiger charge is -2.13. The van der Waals surface area contributed by atoms with E-state index in [-0.39, 0.29) is 17.1 Å². The van der Waals surface area contributed by atoms with Crippen LogP contribution in [-0.2, 0) is 0 Å². The Hall–Kier alpha value is -3.78. The maximum absolute atomic E-state index is 13.3.